The average molecular weight is 524 g/mol. The highest BCUT2D eigenvalue weighted by molar-refractivity contribution is 7.17. The zero-order chi connectivity index (χ0) is 26.3. The number of fused-ring (bicyclic) bond motifs is 1. The summed E-state index contributed by atoms with van der Waals surface area (Å²) in [6, 6.07) is 14.3. The van der Waals surface area contributed by atoms with Crippen LogP contribution in [0.1, 0.15) is 20.8 Å². The van der Waals surface area contributed by atoms with E-state index in [-0.39, 0.29) is 27.1 Å². The molecule has 3 aromatic heterocycles. The number of nitrogens with one attached hydrogen (secondary N) is 1. The summed E-state index contributed by atoms with van der Waals surface area (Å²) in [5, 5.41) is 18.2. The molecule has 0 atom stereocenters. The summed E-state index contributed by atoms with van der Waals surface area (Å²) in [6.45, 7) is 1.93. The summed E-state index contributed by atoms with van der Waals surface area (Å²) in [4.78, 5) is 32.3. The predicted molar refractivity (Wildman–Crippen MR) is 131 cm³/mol. The maximum atomic E-state index is 13.0. The first-order valence-electron chi connectivity index (χ1n) is 10.7. The molecule has 3 heterocycles. The van der Waals surface area contributed by atoms with Gasteiger partial charge >= 0.3 is 11.2 Å². The molecule has 0 radical (unpaired) electrons. The lowest BCUT2D eigenvalue weighted by Crippen LogP contribution is -2.13. The molecule has 186 valence electrons. The van der Waals surface area contributed by atoms with E-state index in [4.69, 9.17) is 0 Å². The second-order valence-electron chi connectivity index (χ2n) is 7.95. The van der Waals surface area contributed by atoms with Crippen LogP contribution in [0.15, 0.2) is 66.9 Å². The molecule has 0 saturated heterocycles. The van der Waals surface area contributed by atoms with Gasteiger partial charge in [-0.1, -0.05) is 41.2 Å². The van der Waals surface area contributed by atoms with Crippen molar-refractivity contribution in [2.24, 2.45) is 0 Å². The number of anilines is 1. The number of nitrogens with zero attached hydrogens (tertiary/aromatic N) is 5. The number of carbonyl (C=O) groups excluding carboxylic acids is 1. The van der Waals surface area contributed by atoms with Crippen LogP contribution in [0.3, 0.4) is 0 Å². The molecule has 0 unspecified atom stereocenters. The highest BCUT2D eigenvalue weighted by atomic mass is 32.1. The van der Waals surface area contributed by atoms with Crippen molar-refractivity contribution in [3.63, 3.8) is 0 Å². The van der Waals surface area contributed by atoms with Gasteiger partial charge in [0.05, 0.1) is 32.6 Å². The quantitative estimate of drug-likeness (QED) is 0.222. The molecular weight excluding hydrogens is 509 g/mol. The van der Waals surface area contributed by atoms with Gasteiger partial charge in [-0.15, -0.1) is 0 Å². The summed E-state index contributed by atoms with van der Waals surface area (Å²) in [5.41, 5.74) is 1.46. The number of halogens is 3. The van der Waals surface area contributed by atoms with Crippen LogP contribution in [0.5, 0.6) is 0 Å². The number of thiophene rings is 1. The number of benzene rings is 2. The largest absolute Gasteiger partial charge is 0.416 e. The Morgan fingerprint density at radius 1 is 1.03 bits per heavy atom. The van der Waals surface area contributed by atoms with Crippen molar-refractivity contribution in [1.29, 1.82) is 0 Å². The maximum absolute atomic E-state index is 13.0. The standard InChI is InChI=1S/C24H15F3N6O3S/c1-13-2-8-16(9-3-13)32-22-17(12-28-32)21(31-23(34)18-10-11-19(37-18)33(35)36)29-20(30-22)14-4-6-15(7-5-14)24(25,26)27/h2-12H,1H3,(H,29,30,31,34). The zero-order valence-corrected chi connectivity index (χ0v) is 19.7. The highest BCUT2D eigenvalue weighted by Crippen LogP contribution is 2.32. The first-order valence-corrected chi connectivity index (χ1v) is 11.5. The molecule has 1 N–H and O–H groups in total. The van der Waals surface area contributed by atoms with Gasteiger partial charge in [-0.3, -0.25) is 14.9 Å². The summed E-state index contributed by atoms with van der Waals surface area (Å²) in [5.74, 6) is -0.526. The van der Waals surface area contributed by atoms with Crippen molar-refractivity contribution in [2.75, 3.05) is 5.32 Å². The van der Waals surface area contributed by atoms with Crippen molar-refractivity contribution in [2.45, 2.75) is 13.1 Å². The van der Waals surface area contributed by atoms with E-state index in [1.165, 1.54) is 35.1 Å². The van der Waals surface area contributed by atoms with Gasteiger partial charge in [0, 0.05) is 11.6 Å². The number of carbonyl (C=O) groups is 1. The third-order valence-electron chi connectivity index (χ3n) is 5.40. The minimum atomic E-state index is -4.50. The predicted octanol–water partition coefficient (Wildman–Crippen LogP) is 6.03. The second kappa shape index (κ2) is 9.09. The SMILES string of the molecule is Cc1ccc(-n2ncc3c(NC(=O)c4ccc([N+](=O)[O-])s4)nc(-c4ccc(C(F)(F)F)cc4)nc32)cc1. The van der Waals surface area contributed by atoms with Gasteiger partial charge in [-0.05, 0) is 37.3 Å². The number of hydrogen-bond acceptors (Lipinski definition) is 7. The van der Waals surface area contributed by atoms with Crippen molar-refractivity contribution >= 4 is 39.1 Å². The van der Waals surface area contributed by atoms with Crippen LogP contribution in [0, 0.1) is 17.0 Å². The molecule has 0 fully saturated rings. The first kappa shape index (κ1) is 24.1. The van der Waals surface area contributed by atoms with E-state index in [0.29, 0.717) is 28.1 Å². The van der Waals surface area contributed by atoms with E-state index >= 15 is 0 Å². The Labute approximate surface area is 210 Å². The number of nitro groups is 1. The molecule has 0 spiro atoms. The van der Waals surface area contributed by atoms with E-state index in [2.05, 4.69) is 20.4 Å². The van der Waals surface area contributed by atoms with E-state index in [1.807, 2.05) is 31.2 Å². The lowest BCUT2D eigenvalue weighted by Gasteiger charge is -2.10. The van der Waals surface area contributed by atoms with E-state index < -0.39 is 22.6 Å². The molecule has 13 heteroatoms. The summed E-state index contributed by atoms with van der Waals surface area (Å²) >= 11 is 0.700. The third-order valence-corrected chi connectivity index (χ3v) is 6.44. The van der Waals surface area contributed by atoms with Gasteiger partial charge in [0.15, 0.2) is 11.5 Å². The maximum Gasteiger partial charge on any atom is 0.416 e. The average Bonchev–Trinajstić information content (AvgIpc) is 3.52. The van der Waals surface area contributed by atoms with Gasteiger partial charge < -0.3 is 5.32 Å². The van der Waals surface area contributed by atoms with Crippen LogP contribution in [0.25, 0.3) is 28.1 Å². The molecule has 0 aliphatic rings. The third kappa shape index (κ3) is 4.76. The fourth-order valence-electron chi connectivity index (χ4n) is 3.53. The zero-order valence-electron chi connectivity index (χ0n) is 18.9. The molecule has 5 aromatic rings. The van der Waals surface area contributed by atoms with Crippen molar-refractivity contribution in [1.82, 2.24) is 19.7 Å². The molecule has 1 amide bonds. The molecule has 5 rings (SSSR count). The van der Waals surface area contributed by atoms with Crippen molar-refractivity contribution in [3.8, 4) is 17.1 Å². The van der Waals surface area contributed by atoms with Gasteiger partial charge in [0.2, 0.25) is 0 Å². The molecule has 2 aromatic carbocycles. The normalized spacial score (nSPS) is 11.6. The number of aromatic nitrogens is 4. The molecule has 0 aliphatic carbocycles. The Morgan fingerprint density at radius 3 is 2.35 bits per heavy atom. The molecule has 9 nitrogen and oxygen atoms in total. The van der Waals surface area contributed by atoms with Crippen LogP contribution in [-0.4, -0.2) is 30.6 Å². The first-order chi connectivity index (χ1) is 17.6. The fraction of sp³-hybridized carbons (Fsp3) is 0.0833. The lowest BCUT2D eigenvalue weighted by molar-refractivity contribution is -0.380. The number of alkyl halides is 3. The minimum absolute atomic E-state index is 0.0549. The highest BCUT2D eigenvalue weighted by Gasteiger charge is 2.30. The molecule has 0 bridgehead atoms. The van der Waals surface area contributed by atoms with Gasteiger partial charge in [-0.2, -0.15) is 18.3 Å². The molecule has 0 saturated carbocycles. The van der Waals surface area contributed by atoms with E-state index in [0.717, 1.165) is 17.7 Å². The summed E-state index contributed by atoms with van der Waals surface area (Å²) in [7, 11) is 0. The number of amides is 1. The van der Waals surface area contributed by atoms with Crippen molar-refractivity contribution in [3.05, 3.63) is 93.0 Å². The lowest BCUT2D eigenvalue weighted by atomic mass is 10.1. The number of aryl methyl sites for hydroxylation is 1. The Kier molecular flexibility index (Phi) is 5.91. The van der Waals surface area contributed by atoms with Crippen LogP contribution >= 0.6 is 11.3 Å². The van der Waals surface area contributed by atoms with Gasteiger partial charge in [0.25, 0.3) is 5.91 Å². The number of hydrogen-bond donors (Lipinski definition) is 1. The van der Waals surface area contributed by atoms with Crippen LogP contribution in [-0.2, 0) is 6.18 Å². The van der Waals surface area contributed by atoms with Crippen molar-refractivity contribution < 1.29 is 22.9 Å². The number of rotatable bonds is 5. The Bertz CT molecular complexity index is 1640. The second-order valence-corrected chi connectivity index (χ2v) is 9.01. The Morgan fingerprint density at radius 2 is 1.73 bits per heavy atom. The minimum Gasteiger partial charge on any atom is -0.305 e. The topological polar surface area (TPSA) is 116 Å². The Balaban J connectivity index is 1.62. The smallest absolute Gasteiger partial charge is 0.305 e. The molecule has 37 heavy (non-hydrogen) atoms. The Hall–Kier alpha value is -4.65. The van der Waals surface area contributed by atoms with E-state index in [9.17, 15) is 28.1 Å². The van der Waals surface area contributed by atoms with Crippen LogP contribution in [0.4, 0.5) is 24.0 Å². The van der Waals surface area contributed by atoms with Gasteiger partial charge in [0.1, 0.15) is 5.82 Å². The summed E-state index contributed by atoms with van der Waals surface area (Å²) in [6.07, 6.45) is -3.05. The summed E-state index contributed by atoms with van der Waals surface area (Å²) < 4.78 is 40.7. The van der Waals surface area contributed by atoms with Gasteiger partial charge in [-0.25, -0.2) is 14.6 Å². The van der Waals surface area contributed by atoms with E-state index in [1.54, 1.807) is 0 Å². The fourth-order valence-corrected chi connectivity index (χ4v) is 4.25. The molecular formula is C24H15F3N6O3S. The monoisotopic (exact) mass is 524 g/mol. The van der Waals surface area contributed by atoms with Crippen LogP contribution in [0.2, 0.25) is 0 Å². The molecule has 0 aliphatic heterocycles. The van der Waals surface area contributed by atoms with Crippen LogP contribution < -0.4 is 5.32 Å².